The summed E-state index contributed by atoms with van der Waals surface area (Å²) in [4.78, 5) is 0. The van der Waals surface area contributed by atoms with Crippen LogP contribution in [0.1, 0.15) is 6.42 Å². The zero-order valence-electron chi connectivity index (χ0n) is 10.1. The highest BCUT2D eigenvalue weighted by molar-refractivity contribution is 7.86. The molecule has 0 aliphatic carbocycles. The number of morpholine rings is 1. The van der Waals surface area contributed by atoms with Gasteiger partial charge < -0.3 is 9.84 Å². The number of hydrogen-bond donors (Lipinski definition) is 1. The van der Waals surface area contributed by atoms with Crippen molar-refractivity contribution in [3.63, 3.8) is 0 Å². The molecule has 1 N–H and O–H groups in total. The minimum Gasteiger partial charge on any atom is -0.379 e. The zero-order chi connectivity index (χ0) is 14.3. The SMILES string of the molecule is O=S(=O)(N1CCOCC1)N1CC[C@@](O)(C(F)(F)F)C1. The molecule has 19 heavy (non-hydrogen) atoms. The molecule has 2 fully saturated rings. The maximum absolute atomic E-state index is 12.6. The summed E-state index contributed by atoms with van der Waals surface area (Å²) in [5.74, 6) is 0. The average molecular weight is 304 g/mol. The van der Waals surface area contributed by atoms with Gasteiger partial charge in [-0.2, -0.15) is 30.2 Å². The van der Waals surface area contributed by atoms with Crippen molar-refractivity contribution >= 4 is 10.2 Å². The highest BCUT2D eigenvalue weighted by Gasteiger charge is 2.59. The molecule has 112 valence electrons. The molecule has 0 unspecified atom stereocenters. The van der Waals surface area contributed by atoms with E-state index in [0.717, 1.165) is 4.31 Å². The first-order valence-electron chi connectivity index (χ1n) is 5.79. The second kappa shape index (κ2) is 4.85. The summed E-state index contributed by atoms with van der Waals surface area (Å²) in [7, 11) is -3.97. The van der Waals surface area contributed by atoms with Gasteiger partial charge in [-0.15, -0.1) is 0 Å². The van der Waals surface area contributed by atoms with Crippen LogP contribution in [0.25, 0.3) is 0 Å². The Hall–Kier alpha value is -0.420. The van der Waals surface area contributed by atoms with Crippen LogP contribution < -0.4 is 0 Å². The molecule has 2 saturated heterocycles. The minimum atomic E-state index is -4.83. The van der Waals surface area contributed by atoms with Crippen LogP contribution in [0.2, 0.25) is 0 Å². The largest absolute Gasteiger partial charge is 0.418 e. The van der Waals surface area contributed by atoms with Gasteiger partial charge in [0.1, 0.15) is 0 Å². The standard InChI is InChI=1S/C9H15F3N2O4S/c10-9(11,12)8(15)1-2-14(7-8)19(16,17)13-3-5-18-6-4-13/h15H,1-7H2/t8-/m0/s1. The molecule has 6 nitrogen and oxygen atoms in total. The molecule has 1 atom stereocenters. The van der Waals surface area contributed by atoms with Crippen LogP contribution in [-0.4, -0.2) is 73.3 Å². The fourth-order valence-corrected chi connectivity index (χ4v) is 3.76. The molecule has 0 aromatic rings. The van der Waals surface area contributed by atoms with Gasteiger partial charge >= 0.3 is 6.18 Å². The summed E-state index contributed by atoms with van der Waals surface area (Å²) in [5, 5.41) is 9.49. The van der Waals surface area contributed by atoms with E-state index >= 15 is 0 Å². The topological polar surface area (TPSA) is 70.1 Å². The summed E-state index contributed by atoms with van der Waals surface area (Å²) < 4.78 is 68.9. The van der Waals surface area contributed by atoms with Crippen molar-refractivity contribution in [1.82, 2.24) is 8.61 Å². The van der Waals surface area contributed by atoms with E-state index in [1.54, 1.807) is 0 Å². The lowest BCUT2D eigenvalue weighted by atomic mass is 10.0. The highest BCUT2D eigenvalue weighted by atomic mass is 32.2. The van der Waals surface area contributed by atoms with Gasteiger partial charge in [0.25, 0.3) is 10.2 Å². The van der Waals surface area contributed by atoms with Gasteiger partial charge in [-0.1, -0.05) is 0 Å². The maximum atomic E-state index is 12.6. The van der Waals surface area contributed by atoms with Gasteiger partial charge in [0.15, 0.2) is 5.60 Å². The van der Waals surface area contributed by atoms with Crippen molar-refractivity contribution in [2.75, 3.05) is 39.4 Å². The van der Waals surface area contributed by atoms with Gasteiger partial charge in [-0.05, 0) is 0 Å². The van der Waals surface area contributed by atoms with E-state index < -0.39 is 35.0 Å². The Kier molecular flexibility index (Phi) is 3.82. The first-order chi connectivity index (χ1) is 8.67. The van der Waals surface area contributed by atoms with Crippen molar-refractivity contribution in [3.05, 3.63) is 0 Å². The Morgan fingerprint density at radius 3 is 2.16 bits per heavy atom. The third-order valence-corrected chi connectivity index (χ3v) is 5.34. The summed E-state index contributed by atoms with van der Waals surface area (Å²) in [5.41, 5.74) is -2.95. The fourth-order valence-electron chi connectivity index (χ4n) is 2.13. The quantitative estimate of drug-likeness (QED) is 0.751. The minimum absolute atomic E-state index is 0.114. The normalized spacial score (nSPS) is 31.8. The van der Waals surface area contributed by atoms with Crippen molar-refractivity contribution in [3.8, 4) is 0 Å². The molecule has 0 aromatic heterocycles. The summed E-state index contributed by atoms with van der Waals surface area (Å²) in [6.45, 7) is -0.619. The molecule has 0 spiro atoms. The second-order valence-corrected chi connectivity index (χ2v) is 6.56. The first kappa shape index (κ1) is 15.0. The van der Waals surface area contributed by atoms with Crippen molar-refractivity contribution in [2.24, 2.45) is 0 Å². The number of ether oxygens (including phenoxy) is 1. The van der Waals surface area contributed by atoms with Crippen LogP contribution in [0, 0.1) is 0 Å². The maximum Gasteiger partial charge on any atom is 0.418 e. The summed E-state index contributed by atoms with van der Waals surface area (Å²) >= 11 is 0. The number of hydrogen-bond acceptors (Lipinski definition) is 4. The number of halogens is 3. The molecule has 2 rings (SSSR count). The molecule has 2 aliphatic heterocycles. The Bertz CT molecular complexity index is 435. The van der Waals surface area contributed by atoms with Gasteiger partial charge in [-0.25, -0.2) is 0 Å². The summed E-state index contributed by atoms with van der Waals surface area (Å²) in [6, 6.07) is 0. The molecule has 2 heterocycles. The second-order valence-electron chi connectivity index (χ2n) is 4.63. The van der Waals surface area contributed by atoms with Gasteiger partial charge in [0.05, 0.1) is 19.8 Å². The number of nitrogens with zero attached hydrogens (tertiary/aromatic N) is 2. The third-order valence-electron chi connectivity index (χ3n) is 3.36. The Labute approximate surface area is 108 Å². The predicted molar refractivity (Wildman–Crippen MR) is 58.5 cm³/mol. The number of alkyl halides is 3. The van der Waals surface area contributed by atoms with E-state index in [4.69, 9.17) is 4.74 Å². The van der Waals surface area contributed by atoms with Crippen LogP contribution in [0.4, 0.5) is 13.2 Å². The number of aliphatic hydroxyl groups is 1. The zero-order valence-corrected chi connectivity index (χ0v) is 10.9. The molecule has 10 heteroatoms. The Balaban J connectivity index is 2.11. The van der Waals surface area contributed by atoms with E-state index in [9.17, 15) is 26.7 Å². The smallest absolute Gasteiger partial charge is 0.379 e. The monoisotopic (exact) mass is 304 g/mol. The van der Waals surface area contributed by atoms with Crippen LogP contribution >= 0.6 is 0 Å². The lowest BCUT2D eigenvalue weighted by molar-refractivity contribution is -0.252. The van der Waals surface area contributed by atoms with Crippen molar-refractivity contribution in [2.45, 2.75) is 18.2 Å². The Morgan fingerprint density at radius 1 is 1.11 bits per heavy atom. The average Bonchev–Trinajstić information content (AvgIpc) is 2.74. The lowest BCUT2D eigenvalue weighted by Crippen LogP contribution is -2.51. The number of rotatable bonds is 2. The fraction of sp³-hybridized carbons (Fsp3) is 1.00. The third kappa shape index (κ3) is 2.72. The molecule has 0 bridgehead atoms. The van der Waals surface area contributed by atoms with Crippen molar-refractivity contribution < 1.29 is 31.4 Å². The van der Waals surface area contributed by atoms with Gasteiger partial charge in [-0.3, -0.25) is 0 Å². The molecular formula is C9H15F3N2O4S. The molecular weight excluding hydrogens is 289 g/mol. The number of β-amino-alcohol motifs (C(OH)–C–C–N with tert-alkyl or cyclic N) is 1. The first-order valence-corrected chi connectivity index (χ1v) is 7.19. The lowest BCUT2D eigenvalue weighted by Gasteiger charge is -2.31. The molecule has 0 radical (unpaired) electrons. The van der Waals surface area contributed by atoms with Crippen LogP contribution in [0.3, 0.4) is 0 Å². The van der Waals surface area contributed by atoms with Crippen LogP contribution in [0.15, 0.2) is 0 Å². The predicted octanol–water partition coefficient (Wildman–Crippen LogP) is -0.438. The van der Waals surface area contributed by atoms with Gasteiger partial charge in [0.2, 0.25) is 0 Å². The van der Waals surface area contributed by atoms with E-state index in [2.05, 4.69) is 0 Å². The van der Waals surface area contributed by atoms with E-state index in [1.807, 2.05) is 0 Å². The van der Waals surface area contributed by atoms with Crippen LogP contribution in [0.5, 0.6) is 0 Å². The van der Waals surface area contributed by atoms with E-state index in [-0.39, 0.29) is 32.8 Å². The highest BCUT2D eigenvalue weighted by Crippen LogP contribution is 2.38. The molecule has 2 aliphatic rings. The van der Waals surface area contributed by atoms with Crippen molar-refractivity contribution in [1.29, 1.82) is 0 Å². The van der Waals surface area contributed by atoms with E-state index in [0.29, 0.717) is 4.31 Å². The Morgan fingerprint density at radius 2 is 1.68 bits per heavy atom. The van der Waals surface area contributed by atoms with Crippen LogP contribution in [-0.2, 0) is 14.9 Å². The molecule has 0 aromatic carbocycles. The molecule has 0 saturated carbocycles. The van der Waals surface area contributed by atoms with E-state index in [1.165, 1.54) is 0 Å². The summed E-state index contributed by atoms with van der Waals surface area (Å²) in [6.07, 6.45) is -5.47. The molecule has 0 amide bonds. The van der Waals surface area contributed by atoms with Gasteiger partial charge in [0, 0.05) is 26.1 Å².